The van der Waals surface area contributed by atoms with Crippen LogP contribution in [0.1, 0.15) is 22.8 Å². The average Bonchev–Trinajstić information content (AvgIpc) is 2.47. The van der Waals surface area contributed by atoms with Gasteiger partial charge in [0.25, 0.3) is 0 Å². The summed E-state index contributed by atoms with van der Waals surface area (Å²) in [5, 5.41) is 12.7. The molecule has 1 aromatic rings. The number of aryl methyl sites for hydroxylation is 1. The number of aliphatic hydroxyl groups is 1. The molecule has 0 aliphatic rings. The lowest BCUT2D eigenvalue weighted by atomic mass is 10.3. The third-order valence-corrected chi connectivity index (χ3v) is 2.78. The van der Waals surface area contributed by atoms with Crippen molar-refractivity contribution in [3.05, 3.63) is 21.9 Å². The smallest absolute Gasteiger partial charge is 0.101 e. The van der Waals surface area contributed by atoms with Crippen LogP contribution in [0.25, 0.3) is 0 Å². The van der Waals surface area contributed by atoms with Gasteiger partial charge in [0.1, 0.15) is 6.10 Å². The first kappa shape index (κ1) is 9.71. The summed E-state index contributed by atoms with van der Waals surface area (Å²) in [6.07, 6.45) is -0.344. The van der Waals surface area contributed by atoms with E-state index in [-0.39, 0.29) is 6.10 Å². The summed E-state index contributed by atoms with van der Waals surface area (Å²) >= 11 is 1.66. The van der Waals surface area contributed by atoms with Gasteiger partial charge in [0.15, 0.2) is 0 Å². The van der Waals surface area contributed by atoms with Crippen LogP contribution in [-0.4, -0.2) is 18.2 Å². The lowest BCUT2D eigenvalue weighted by Gasteiger charge is -2.07. The van der Waals surface area contributed by atoms with Gasteiger partial charge in [-0.2, -0.15) is 0 Å². The molecule has 0 spiro atoms. The van der Waals surface area contributed by atoms with E-state index in [9.17, 15) is 5.11 Å². The first-order valence-electron chi connectivity index (χ1n) is 4.19. The predicted molar refractivity (Wildman–Crippen MR) is 52.6 cm³/mol. The highest BCUT2D eigenvalue weighted by Gasteiger charge is 2.07. The van der Waals surface area contributed by atoms with E-state index in [1.165, 1.54) is 4.88 Å². The third-order valence-electron chi connectivity index (χ3n) is 1.68. The van der Waals surface area contributed by atoms with E-state index in [1.807, 2.05) is 26.0 Å². The molecular formula is C9H15NOS. The Balaban J connectivity index is 2.47. The summed E-state index contributed by atoms with van der Waals surface area (Å²) in [5.41, 5.74) is 0. The zero-order valence-electron chi connectivity index (χ0n) is 7.50. The van der Waals surface area contributed by atoms with E-state index >= 15 is 0 Å². The molecule has 2 nitrogen and oxygen atoms in total. The van der Waals surface area contributed by atoms with E-state index in [0.29, 0.717) is 6.54 Å². The van der Waals surface area contributed by atoms with Crippen LogP contribution in [0, 0.1) is 6.92 Å². The van der Waals surface area contributed by atoms with Crippen molar-refractivity contribution >= 4 is 11.3 Å². The minimum absolute atomic E-state index is 0.344. The van der Waals surface area contributed by atoms with Gasteiger partial charge < -0.3 is 10.4 Å². The minimum Gasteiger partial charge on any atom is -0.386 e. The maximum absolute atomic E-state index is 9.61. The van der Waals surface area contributed by atoms with Crippen molar-refractivity contribution in [2.75, 3.05) is 13.1 Å². The lowest BCUT2D eigenvalue weighted by Crippen LogP contribution is -2.20. The largest absolute Gasteiger partial charge is 0.386 e. The molecule has 0 fully saturated rings. The Labute approximate surface area is 77.2 Å². The van der Waals surface area contributed by atoms with E-state index in [1.54, 1.807) is 11.3 Å². The molecule has 1 heterocycles. The summed E-state index contributed by atoms with van der Waals surface area (Å²) in [5.74, 6) is 0. The van der Waals surface area contributed by atoms with E-state index in [0.717, 1.165) is 11.4 Å². The Hall–Kier alpha value is -0.380. The average molecular weight is 185 g/mol. The zero-order chi connectivity index (χ0) is 8.97. The third kappa shape index (κ3) is 2.59. The molecule has 12 heavy (non-hydrogen) atoms. The number of likely N-dealkylation sites (N-methyl/N-ethyl adjacent to an activating group) is 1. The van der Waals surface area contributed by atoms with Gasteiger partial charge in [0, 0.05) is 16.3 Å². The molecule has 0 bridgehead atoms. The fourth-order valence-corrected chi connectivity index (χ4v) is 1.88. The van der Waals surface area contributed by atoms with Gasteiger partial charge >= 0.3 is 0 Å². The van der Waals surface area contributed by atoms with E-state index in [2.05, 4.69) is 5.32 Å². The van der Waals surface area contributed by atoms with Gasteiger partial charge in [0.05, 0.1) is 0 Å². The summed E-state index contributed by atoms with van der Waals surface area (Å²) in [6.45, 7) is 5.64. The molecule has 0 radical (unpaired) electrons. The van der Waals surface area contributed by atoms with Crippen molar-refractivity contribution in [2.24, 2.45) is 0 Å². The maximum Gasteiger partial charge on any atom is 0.101 e. The topological polar surface area (TPSA) is 32.3 Å². The van der Waals surface area contributed by atoms with Crippen LogP contribution in [0.4, 0.5) is 0 Å². The van der Waals surface area contributed by atoms with Crippen LogP contribution < -0.4 is 5.32 Å². The lowest BCUT2D eigenvalue weighted by molar-refractivity contribution is 0.179. The molecule has 2 N–H and O–H groups in total. The highest BCUT2D eigenvalue weighted by Crippen LogP contribution is 2.21. The quantitative estimate of drug-likeness (QED) is 0.748. The van der Waals surface area contributed by atoms with Crippen molar-refractivity contribution in [2.45, 2.75) is 20.0 Å². The molecule has 3 heteroatoms. The fourth-order valence-electron chi connectivity index (χ4n) is 1.01. The molecule has 1 atom stereocenters. The van der Waals surface area contributed by atoms with Crippen LogP contribution in [0.15, 0.2) is 12.1 Å². The second kappa shape index (κ2) is 4.60. The zero-order valence-corrected chi connectivity index (χ0v) is 8.32. The number of hydrogen-bond donors (Lipinski definition) is 2. The van der Waals surface area contributed by atoms with Gasteiger partial charge in [0.2, 0.25) is 0 Å². The second-order valence-electron chi connectivity index (χ2n) is 2.77. The number of nitrogens with one attached hydrogen (secondary N) is 1. The Morgan fingerprint density at radius 3 is 2.83 bits per heavy atom. The monoisotopic (exact) mass is 185 g/mol. The van der Waals surface area contributed by atoms with Crippen LogP contribution in [-0.2, 0) is 0 Å². The first-order valence-corrected chi connectivity index (χ1v) is 5.00. The van der Waals surface area contributed by atoms with Gasteiger partial charge in [-0.1, -0.05) is 6.92 Å². The van der Waals surface area contributed by atoms with Crippen molar-refractivity contribution in [3.8, 4) is 0 Å². The minimum atomic E-state index is -0.344. The van der Waals surface area contributed by atoms with Gasteiger partial charge in [-0.3, -0.25) is 0 Å². The highest BCUT2D eigenvalue weighted by atomic mass is 32.1. The van der Waals surface area contributed by atoms with Crippen LogP contribution in [0.3, 0.4) is 0 Å². The Bertz CT molecular complexity index is 234. The van der Waals surface area contributed by atoms with Crippen molar-refractivity contribution in [1.82, 2.24) is 5.32 Å². The summed E-state index contributed by atoms with van der Waals surface area (Å²) < 4.78 is 0. The predicted octanol–water partition coefficient (Wildman–Crippen LogP) is 1.70. The van der Waals surface area contributed by atoms with E-state index < -0.39 is 0 Å². The van der Waals surface area contributed by atoms with Crippen LogP contribution in [0.5, 0.6) is 0 Å². The normalized spacial score (nSPS) is 13.2. The number of thiophene rings is 1. The molecule has 68 valence electrons. The molecule has 1 rings (SSSR count). The van der Waals surface area contributed by atoms with Crippen molar-refractivity contribution < 1.29 is 5.11 Å². The molecule has 0 saturated carbocycles. The summed E-state index contributed by atoms with van der Waals surface area (Å²) in [4.78, 5) is 2.30. The van der Waals surface area contributed by atoms with E-state index in [4.69, 9.17) is 0 Å². The number of aliphatic hydroxyl groups excluding tert-OH is 1. The van der Waals surface area contributed by atoms with Crippen LogP contribution in [0.2, 0.25) is 0 Å². The van der Waals surface area contributed by atoms with Gasteiger partial charge in [-0.25, -0.2) is 0 Å². The Morgan fingerprint density at radius 2 is 2.33 bits per heavy atom. The number of hydrogen-bond acceptors (Lipinski definition) is 3. The van der Waals surface area contributed by atoms with Gasteiger partial charge in [-0.05, 0) is 25.6 Å². The first-order chi connectivity index (χ1) is 5.74. The highest BCUT2D eigenvalue weighted by molar-refractivity contribution is 7.12. The molecule has 0 aromatic carbocycles. The Morgan fingerprint density at radius 1 is 1.58 bits per heavy atom. The van der Waals surface area contributed by atoms with Crippen LogP contribution >= 0.6 is 11.3 Å². The molecule has 0 aliphatic heterocycles. The standard InChI is InChI=1S/C9H15NOS/c1-3-10-6-8(11)9-5-4-7(2)12-9/h4-5,8,10-11H,3,6H2,1-2H3. The Kier molecular flexibility index (Phi) is 3.72. The summed E-state index contributed by atoms with van der Waals surface area (Å²) in [6, 6.07) is 4.02. The van der Waals surface area contributed by atoms with Gasteiger partial charge in [-0.15, -0.1) is 11.3 Å². The van der Waals surface area contributed by atoms with Crippen molar-refractivity contribution in [3.63, 3.8) is 0 Å². The molecule has 0 amide bonds. The molecule has 1 unspecified atom stereocenters. The second-order valence-corrected chi connectivity index (χ2v) is 4.09. The SMILES string of the molecule is CCNCC(O)c1ccc(C)s1. The molecule has 0 aliphatic carbocycles. The maximum atomic E-state index is 9.61. The molecule has 0 saturated heterocycles. The fraction of sp³-hybridized carbons (Fsp3) is 0.556. The van der Waals surface area contributed by atoms with Crippen molar-refractivity contribution in [1.29, 1.82) is 0 Å². The summed E-state index contributed by atoms with van der Waals surface area (Å²) in [7, 11) is 0. The number of rotatable bonds is 4. The molecule has 1 aromatic heterocycles. The molecular weight excluding hydrogens is 170 g/mol.